The molecule has 1 atom stereocenters. The standard InChI is InChI=1S/C15H15N3O/c1-15(9-13(19)17-14(16)18-15)12-7-6-10-4-2-3-5-11(10)8-12/h2-8H,9H2,1H3,(H3,16,17,18,19). The number of guanidine groups is 1. The minimum Gasteiger partial charge on any atom is -0.370 e. The zero-order valence-electron chi connectivity index (χ0n) is 10.7. The summed E-state index contributed by atoms with van der Waals surface area (Å²) < 4.78 is 0. The highest BCUT2D eigenvalue weighted by atomic mass is 16.1. The van der Waals surface area contributed by atoms with Gasteiger partial charge in [-0.15, -0.1) is 0 Å². The van der Waals surface area contributed by atoms with Crippen LogP contribution in [0.3, 0.4) is 0 Å². The fraction of sp³-hybridized carbons (Fsp3) is 0.200. The highest BCUT2D eigenvalue weighted by Crippen LogP contribution is 2.32. The number of nitrogens with one attached hydrogen (secondary N) is 1. The van der Waals surface area contributed by atoms with Crippen LogP contribution in [0.4, 0.5) is 0 Å². The first-order chi connectivity index (χ1) is 9.07. The molecule has 3 rings (SSSR count). The maximum atomic E-state index is 11.7. The number of benzene rings is 2. The van der Waals surface area contributed by atoms with Crippen LogP contribution >= 0.6 is 0 Å². The number of hydrogen-bond donors (Lipinski definition) is 2. The lowest BCUT2D eigenvalue weighted by molar-refractivity contribution is -0.121. The number of nitrogens with zero attached hydrogens (tertiary/aromatic N) is 1. The van der Waals surface area contributed by atoms with Gasteiger partial charge < -0.3 is 5.73 Å². The second kappa shape index (κ2) is 4.09. The van der Waals surface area contributed by atoms with Crippen LogP contribution in [0.1, 0.15) is 18.9 Å². The molecule has 3 N–H and O–H groups in total. The molecule has 1 aliphatic heterocycles. The van der Waals surface area contributed by atoms with Gasteiger partial charge in [-0.1, -0.05) is 36.4 Å². The topological polar surface area (TPSA) is 67.5 Å². The largest absolute Gasteiger partial charge is 0.370 e. The maximum Gasteiger partial charge on any atom is 0.229 e. The molecule has 0 fully saturated rings. The summed E-state index contributed by atoms with van der Waals surface area (Å²) in [5.41, 5.74) is 6.09. The van der Waals surface area contributed by atoms with Crippen LogP contribution in [0.25, 0.3) is 10.8 Å². The van der Waals surface area contributed by atoms with E-state index in [-0.39, 0.29) is 11.9 Å². The van der Waals surface area contributed by atoms with Gasteiger partial charge in [0.1, 0.15) is 0 Å². The molecule has 4 nitrogen and oxygen atoms in total. The lowest BCUT2D eigenvalue weighted by Gasteiger charge is -2.29. The molecule has 2 aromatic carbocycles. The van der Waals surface area contributed by atoms with E-state index in [1.807, 2.05) is 31.2 Å². The fourth-order valence-corrected chi connectivity index (χ4v) is 2.52. The first-order valence-corrected chi connectivity index (χ1v) is 6.21. The average Bonchev–Trinajstić information content (AvgIpc) is 2.36. The van der Waals surface area contributed by atoms with Crippen molar-refractivity contribution in [3.05, 3.63) is 48.0 Å². The molecule has 1 amide bonds. The molecule has 96 valence electrons. The molecule has 1 unspecified atom stereocenters. The number of nitrogens with two attached hydrogens (primary N) is 1. The average molecular weight is 253 g/mol. The van der Waals surface area contributed by atoms with Crippen LogP contribution < -0.4 is 11.1 Å². The van der Waals surface area contributed by atoms with Crippen molar-refractivity contribution in [2.24, 2.45) is 10.7 Å². The Morgan fingerprint density at radius 3 is 2.68 bits per heavy atom. The Labute approximate surface area is 111 Å². The summed E-state index contributed by atoms with van der Waals surface area (Å²) in [5, 5.41) is 4.84. The number of fused-ring (bicyclic) bond motifs is 1. The summed E-state index contributed by atoms with van der Waals surface area (Å²) >= 11 is 0. The maximum absolute atomic E-state index is 11.7. The van der Waals surface area contributed by atoms with E-state index in [0.29, 0.717) is 6.42 Å². The molecule has 0 saturated heterocycles. The van der Waals surface area contributed by atoms with Crippen molar-refractivity contribution in [1.29, 1.82) is 0 Å². The Morgan fingerprint density at radius 2 is 1.95 bits per heavy atom. The lowest BCUT2D eigenvalue weighted by Crippen LogP contribution is -2.46. The quantitative estimate of drug-likeness (QED) is 0.815. The van der Waals surface area contributed by atoms with Gasteiger partial charge in [0.25, 0.3) is 0 Å². The summed E-state index contributed by atoms with van der Waals surface area (Å²) in [6, 6.07) is 14.3. The van der Waals surface area contributed by atoms with Gasteiger partial charge in [0.15, 0.2) is 5.96 Å². The molecule has 0 radical (unpaired) electrons. The van der Waals surface area contributed by atoms with Crippen LogP contribution in [0, 0.1) is 0 Å². The molecule has 4 heteroatoms. The van der Waals surface area contributed by atoms with E-state index >= 15 is 0 Å². The van der Waals surface area contributed by atoms with Gasteiger partial charge in [-0.05, 0) is 29.3 Å². The zero-order chi connectivity index (χ0) is 13.5. The molecule has 0 aromatic heterocycles. The van der Waals surface area contributed by atoms with E-state index in [1.54, 1.807) is 0 Å². The van der Waals surface area contributed by atoms with Crippen LogP contribution in [0.5, 0.6) is 0 Å². The third kappa shape index (κ3) is 2.05. The van der Waals surface area contributed by atoms with E-state index in [1.165, 1.54) is 5.39 Å². The summed E-state index contributed by atoms with van der Waals surface area (Å²) in [7, 11) is 0. The Bertz CT molecular complexity index is 693. The minimum atomic E-state index is -0.587. The summed E-state index contributed by atoms with van der Waals surface area (Å²) in [4.78, 5) is 16.1. The summed E-state index contributed by atoms with van der Waals surface area (Å²) in [5.74, 6) is 0.0927. The van der Waals surface area contributed by atoms with Crippen LogP contribution in [-0.2, 0) is 10.3 Å². The molecule has 1 aliphatic rings. The third-order valence-electron chi connectivity index (χ3n) is 3.51. The van der Waals surface area contributed by atoms with E-state index in [0.717, 1.165) is 10.9 Å². The summed E-state index contributed by atoms with van der Waals surface area (Å²) in [6.45, 7) is 1.93. The number of aliphatic imine (C=N–C) groups is 1. The van der Waals surface area contributed by atoms with Gasteiger partial charge in [-0.3, -0.25) is 10.1 Å². The molecule has 0 saturated carbocycles. The number of amides is 1. The SMILES string of the molecule is CC1(c2ccc3ccccc3c2)CC(=O)NC(N)=N1. The Kier molecular flexibility index (Phi) is 2.52. The van der Waals surface area contributed by atoms with Crippen molar-refractivity contribution in [2.75, 3.05) is 0 Å². The predicted octanol–water partition coefficient (Wildman–Crippen LogP) is 1.89. The van der Waals surface area contributed by atoms with Crippen molar-refractivity contribution < 1.29 is 4.79 Å². The van der Waals surface area contributed by atoms with E-state index < -0.39 is 5.54 Å². The van der Waals surface area contributed by atoms with Gasteiger partial charge in [0, 0.05) is 0 Å². The van der Waals surface area contributed by atoms with E-state index in [9.17, 15) is 4.79 Å². The van der Waals surface area contributed by atoms with Gasteiger partial charge in [0.2, 0.25) is 5.91 Å². The van der Waals surface area contributed by atoms with Gasteiger partial charge in [0.05, 0.1) is 12.0 Å². The number of hydrogen-bond acceptors (Lipinski definition) is 3. The van der Waals surface area contributed by atoms with Gasteiger partial charge in [-0.25, -0.2) is 4.99 Å². The first-order valence-electron chi connectivity index (χ1n) is 6.21. The van der Waals surface area contributed by atoms with E-state index in [4.69, 9.17) is 5.73 Å². The highest BCUT2D eigenvalue weighted by Gasteiger charge is 2.33. The number of carbonyl (C=O) groups excluding carboxylic acids is 1. The monoisotopic (exact) mass is 253 g/mol. The molecule has 0 bridgehead atoms. The highest BCUT2D eigenvalue weighted by molar-refractivity contribution is 5.99. The minimum absolute atomic E-state index is 0.0943. The lowest BCUT2D eigenvalue weighted by atomic mass is 9.87. The number of rotatable bonds is 1. The third-order valence-corrected chi connectivity index (χ3v) is 3.51. The number of carbonyl (C=O) groups is 1. The van der Waals surface area contributed by atoms with Crippen molar-refractivity contribution >= 4 is 22.6 Å². The normalized spacial score (nSPS) is 23.0. The predicted molar refractivity (Wildman–Crippen MR) is 75.7 cm³/mol. The molecule has 0 spiro atoms. The van der Waals surface area contributed by atoms with Crippen molar-refractivity contribution in [3.63, 3.8) is 0 Å². The second-order valence-corrected chi connectivity index (χ2v) is 5.06. The van der Waals surface area contributed by atoms with Crippen molar-refractivity contribution in [3.8, 4) is 0 Å². The fourth-order valence-electron chi connectivity index (χ4n) is 2.52. The molecular formula is C15H15N3O. The molecule has 19 heavy (non-hydrogen) atoms. The van der Waals surface area contributed by atoms with E-state index in [2.05, 4.69) is 28.5 Å². The first kappa shape index (κ1) is 11.7. The van der Waals surface area contributed by atoms with Crippen molar-refractivity contribution in [1.82, 2.24) is 5.32 Å². The zero-order valence-corrected chi connectivity index (χ0v) is 10.7. The summed E-state index contributed by atoms with van der Waals surface area (Å²) in [6.07, 6.45) is 0.312. The smallest absolute Gasteiger partial charge is 0.229 e. The molecular weight excluding hydrogens is 238 g/mol. The van der Waals surface area contributed by atoms with Gasteiger partial charge >= 0.3 is 0 Å². The molecule has 2 aromatic rings. The molecule has 0 aliphatic carbocycles. The second-order valence-electron chi connectivity index (χ2n) is 5.06. The Balaban J connectivity index is 2.13. The van der Waals surface area contributed by atoms with Crippen LogP contribution in [0.15, 0.2) is 47.5 Å². The van der Waals surface area contributed by atoms with Crippen LogP contribution in [-0.4, -0.2) is 11.9 Å². The molecule has 1 heterocycles. The Hall–Kier alpha value is -2.36. The van der Waals surface area contributed by atoms with Crippen LogP contribution in [0.2, 0.25) is 0 Å². The van der Waals surface area contributed by atoms with Gasteiger partial charge in [-0.2, -0.15) is 0 Å². The Morgan fingerprint density at radius 1 is 1.21 bits per heavy atom. The van der Waals surface area contributed by atoms with Crippen molar-refractivity contribution in [2.45, 2.75) is 18.9 Å².